The number of aryl methyl sites for hydroxylation is 1. The van der Waals surface area contributed by atoms with E-state index in [9.17, 15) is 0 Å². The Labute approximate surface area is 83.2 Å². The SMILES string of the molecule is [C-]#[N+]c1cc(SC)cc(CCC)n1. The zero-order valence-electron chi connectivity index (χ0n) is 7.87. The fraction of sp³-hybridized carbons (Fsp3) is 0.400. The molecule has 0 bridgehead atoms. The molecule has 0 unspecified atom stereocenters. The molecule has 0 radical (unpaired) electrons. The summed E-state index contributed by atoms with van der Waals surface area (Å²) in [4.78, 5) is 8.70. The van der Waals surface area contributed by atoms with Crippen LogP contribution in [0.3, 0.4) is 0 Å². The third kappa shape index (κ3) is 2.74. The maximum atomic E-state index is 6.90. The Bertz CT molecular complexity index is 328. The van der Waals surface area contributed by atoms with E-state index in [0.29, 0.717) is 5.82 Å². The van der Waals surface area contributed by atoms with Crippen LogP contribution in [-0.2, 0) is 6.42 Å². The first-order chi connectivity index (χ1) is 6.30. The summed E-state index contributed by atoms with van der Waals surface area (Å²) < 4.78 is 0. The number of thioether (sulfide) groups is 1. The average molecular weight is 192 g/mol. The van der Waals surface area contributed by atoms with Crippen LogP contribution in [0.4, 0.5) is 5.82 Å². The summed E-state index contributed by atoms with van der Waals surface area (Å²) in [6, 6.07) is 3.89. The van der Waals surface area contributed by atoms with Crippen molar-refractivity contribution in [2.24, 2.45) is 0 Å². The van der Waals surface area contributed by atoms with E-state index in [1.807, 2.05) is 12.3 Å². The summed E-state index contributed by atoms with van der Waals surface area (Å²) >= 11 is 1.66. The molecule has 0 atom stereocenters. The molecule has 0 aliphatic rings. The van der Waals surface area contributed by atoms with Crippen LogP contribution in [0.15, 0.2) is 17.0 Å². The van der Waals surface area contributed by atoms with Gasteiger partial charge in [-0.05, 0) is 24.8 Å². The monoisotopic (exact) mass is 192 g/mol. The van der Waals surface area contributed by atoms with Crippen LogP contribution >= 0.6 is 11.8 Å². The van der Waals surface area contributed by atoms with Gasteiger partial charge in [0.1, 0.15) is 5.69 Å². The second-order valence-electron chi connectivity index (χ2n) is 2.72. The molecule has 0 spiro atoms. The topological polar surface area (TPSA) is 17.2 Å². The van der Waals surface area contributed by atoms with Crippen molar-refractivity contribution in [1.29, 1.82) is 0 Å². The molecule has 0 N–H and O–H groups in total. The third-order valence-electron chi connectivity index (χ3n) is 1.69. The lowest BCUT2D eigenvalue weighted by atomic mass is 10.2. The van der Waals surface area contributed by atoms with Gasteiger partial charge in [-0.1, -0.05) is 13.5 Å². The maximum Gasteiger partial charge on any atom is 0.270 e. The minimum absolute atomic E-state index is 0.510. The van der Waals surface area contributed by atoms with Crippen molar-refractivity contribution in [3.63, 3.8) is 0 Å². The van der Waals surface area contributed by atoms with E-state index in [1.54, 1.807) is 11.8 Å². The molecule has 1 rings (SSSR count). The van der Waals surface area contributed by atoms with Gasteiger partial charge < -0.3 is 4.85 Å². The smallest absolute Gasteiger partial charge is 0.270 e. The molecular weight excluding hydrogens is 180 g/mol. The van der Waals surface area contributed by atoms with Gasteiger partial charge in [0.05, 0.1) is 0 Å². The standard InChI is InChI=1S/C10H12N2S/c1-4-5-8-6-9(13-3)7-10(11-2)12-8/h6-7H,4-5H2,1,3H3. The molecule has 0 aromatic carbocycles. The van der Waals surface area contributed by atoms with Crippen LogP contribution in [0, 0.1) is 6.57 Å². The van der Waals surface area contributed by atoms with Gasteiger partial charge in [0.15, 0.2) is 0 Å². The Morgan fingerprint density at radius 3 is 2.85 bits per heavy atom. The molecule has 0 saturated carbocycles. The number of hydrogen-bond acceptors (Lipinski definition) is 2. The van der Waals surface area contributed by atoms with Crippen molar-refractivity contribution in [2.75, 3.05) is 6.26 Å². The largest absolute Gasteiger partial charge is 0.361 e. The van der Waals surface area contributed by atoms with Crippen LogP contribution in [-0.4, -0.2) is 11.2 Å². The molecule has 0 fully saturated rings. The van der Waals surface area contributed by atoms with Crippen molar-refractivity contribution < 1.29 is 0 Å². The number of hydrogen-bond donors (Lipinski definition) is 0. The van der Waals surface area contributed by atoms with Gasteiger partial charge in [-0.2, -0.15) is 0 Å². The first-order valence-electron chi connectivity index (χ1n) is 4.22. The molecule has 0 amide bonds. The summed E-state index contributed by atoms with van der Waals surface area (Å²) in [7, 11) is 0. The first kappa shape index (κ1) is 10.1. The Morgan fingerprint density at radius 1 is 1.54 bits per heavy atom. The maximum absolute atomic E-state index is 6.90. The third-order valence-corrected chi connectivity index (χ3v) is 2.40. The highest BCUT2D eigenvalue weighted by atomic mass is 32.2. The van der Waals surface area contributed by atoms with E-state index >= 15 is 0 Å². The molecule has 0 aliphatic heterocycles. The van der Waals surface area contributed by atoms with E-state index in [2.05, 4.69) is 22.8 Å². The zero-order valence-corrected chi connectivity index (χ0v) is 8.69. The highest BCUT2D eigenvalue weighted by Gasteiger charge is 2.03. The predicted molar refractivity (Wildman–Crippen MR) is 56.3 cm³/mol. The minimum atomic E-state index is 0.510. The van der Waals surface area contributed by atoms with Crippen LogP contribution in [0.2, 0.25) is 0 Å². The fourth-order valence-corrected chi connectivity index (χ4v) is 1.58. The van der Waals surface area contributed by atoms with Gasteiger partial charge in [0.25, 0.3) is 5.82 Å². The van der Waals surface area contributed by atoms with Crippen LogP contribution in [0.5, 0.6) is 0 Å². The minimum Gasteiger partial charge on any atom is -0.361 e. The Morgan fingerprint density at radius 2 is 2.31 bits per heavy atom. The van der Waals surface area contributed by atoms with Gasteiger partial charge in [-0.3, -0.25) is 0 Å². The zero-order chi connectivity index (χ0) is 9.68. The second kappa shape index (κ2) is 4.88. The molecule has 2 nitrogen and oxygen atoms in total. The van der Waals surface area contributed by atoms with Crippen molar-refractivity contribution in [1.82, 2.24) is 4.98 Å². The van der Waals surface area contributed by atoms with E-state index in [4.69, 9.17) is 6.57 Å². The molecule has 1 heterocycles. The van der Waals surface area contributed by atoms with Crippen molar-refractivity contribution >= 4 is 17.6 Å². The predicted octanol–water partition coefficient (Wildman–Crippen LogP) is 3.31. The van der Waals surface area contributed by atoms with Gasteiger partial charge >= 0.3 is 0 Å². The molecule has 1 aromatic heterocycles. The van der Waals surface area contributed by atoms with Gasteiger partial charge in [0, 0.05) is 11.3 Å². The van der Waals surface area contributed by atoms with Crippen LogP contribution < -0.4 is 0 Å². The van der Waals surface area contributed by atoms with Gasteiger partial charge in [0.2, 0.25) is 0 Å². The molecule has 13 heavy (non-hydrogen) atoms. The second-order valence-corrected chi connectivity index (χ2v) is 3.60. The highest BCUT2D eigenvalue weighted by molar-refractivity contribution is 7.98. The lowest BCUT2D eigenvalue weighted by molar-refractivity contribution is 0.880. The normalized spacial score (nSPS) is 9.62. The van der Waals surface area contributed by atoms with E-state index in [0.717, 1.165) is 23.4 Å². The van der Waals surface area contributed by atoms with Crippen molar-refractivity contribution in [3.05, 3.63) is 29.2 Å². The molecular formula is C10H12N2S. The fourth-order valence-electron chi connectivity index (χ4n) is 1.10. The summed E-state index contributed by atoms with van der Waals surface area (Å²) in [6.45, 7) is 9.01. The summed E-state index contributed by atoms with van der Waals surface area (Å²) in [5.41, 5.74) is 1.03. The Balaban J connectivity index is 3.01. The average Bonchev–Trinajstić information content (AvgIpc) is 2.17. The highest BCUT2D eigenvalue weighted by Crippen LogP contribution is 2.21. The molecule has 3 heteroatoms. The van der Waals surface area contributed by atoms with E-state index in [-0.39, 0.29) is 0 Å². The number of pyridine rings is 1. The van der Waals surface area contributed by atoms with E-state index in [1.165, 1.54) is 0 Å². The molecule has 68 valence electrons. The number of aromatic nitrogens is 1. The Hall–Kier alpha value is -1.01. The first-order valence-corrected chi connectivity index (χ1v) is 5.45. The number of nitrogens with zero attached hydrogens (tertiary/aromatic N) is 2. The van der Waals surface area contributed by atoms with Gasteiger partial charge in [-0.15, -0.1) is 16.7 Å². The quantitative estimate of drug-likeness (QED) is 0.540. The summed E-state index contributed by atoms with van der Waals surface area (Å²) in [5, 5.41) is 0. The molecule has 0 aliphatic carbocycles. The number of rotatable bonds is 3. The summed E-state index contributed by atoms with van der Waals surface area (Å²) in [6.07, 6.45) is 4.04. The van der Waals surface area contributed by atoms with Gasteiger partial charge in [-0.25, -0.2) is 0 Å². The van der Waals surface area contributed by atoms with Crippen LogP contribution in [0.25, 0.3) is 4.85 Å². The lowest BCUT2D eigenvalue weighted by Gasteiger charge is -1.99. The van der Waals surface area contributed by atoms with E-state index < -0.39 is 0 Å². The summed E-state index contributed by atoms with van der Waals surface area (Å²) in [5.74, 6) is 0.510. The molecule has 1 aromatic rings. The lowest BCUT2D eigenvalue weighted by Crippen LogP contribution is -1.88. The Kier molecular flexibility index (Phi) is 3.78. The van der Waals surface area contributed by atoms with Crippen LogP contribution in [0.1, 0.15) is 19.0 Å². The van der Waals surface area contributed by atoms with Crippen molar-refractivity contribution in [2.45, 2.75) is 24.7 Å². The molecule has 0 saturated heterocycles. The van der Waals surface area contributed by atoms with Crippen molar-refractivity contribution in [3.8, 4) is 0 Å².